The molecule has 2 aromatic heterocycles. The van der Waals surface area contributed by atoms with Gasteiger partial charge in [-0.3, -0.25) is 4.98 Å². The minimum Gasteiger partial charge on any atom is -0.345 e. The molecule has 2 heterocycles. The average Bonchev–Trinajstić information content (AvgIpc) is 2.96. The Labute approximate surface area is 145 Å². The van der Waals surface area contributed by atoms with Crippen LogP contribution in [0.3, 0.4) is 0 Å². The van der Waals surface area contributed by atoms with Crippen LogP contribution in [0.2, 0.25) is 0 Å². The van der Waals surface area contributed by atoms with E-state index in [1.807, 2.05) is 42.5 Å². The fourth-order valence-corrected chi connectivity index (χ4v) is 2.12. The second kappa shape index (κ2) is 9.26. The molecule has 0 radical (unpaired) electrons. The Morgan fingerprint density at radius 1 is 1.05 bits per heavy atom. The summed E-state index contributed by atoms with van der Waals surface area (Å²) in [6.45, 7) is 0. The van der Waals surface area contributed by atoms with E-state index in [1.165, 1.54) is 0 Å². The van der Waals surface area contributed by atoms with Crippen LogP contribution in [0.15, 0.2) is 55.0 Å². The topological polar surface area (TPSA) is 41.6 Å². The highest BCUT2D eigenvalue weighted by molar-refractivity contribution is 9.12. The first-order valence-electron chi connectivity index (χ1n) is 5.80. The maximum Gasteiger partial charge on any atom is 0.0931 e. The number of H-pyrrole nitrogens is 1. The third-order valence-corrected chi connectivity index (χ3v) is 4.78. The maximum atomic E-state index is 4.17. The Balaban J connectivity index is 0.000000191. The zero-order valence-corrected chi connectivity index (χ0v) is 15.4. The standard InChI is InChI=1S/C7H7Br2N.C7H6N2.BrH/c8-5-6(9)7-3-1-2-4-10-7;1-2-4-7-6(3-1)8-5-9-7;/h1-4,6H,5H2;1-5H,(H,8,9);1H. The number of aromatic amines is 1. The lowest BCUT2D eigenvalue weighted by atomic mass is 10.3. The summed E-state index contributed by atoms with van der Waals surface area (Å²) in [6, 6.07) is 13.8. The molecule has 0 bridgehead atoms. The zero-order chi connectivity index (χ0) is 13.5. The number of nitrogens with zero attached hydrogens (tertiary/aromatic N) is 2. The Morgan fingerprint density at radius 3 is 2.45 bits per heavy atom. The van der Waals surface area contributed by atoms with Crippen molar-refractivity contribution in [3.05, 3.63) is 60.7 Å². The van der Waals surface area contributed by atoms with Gasteiger partial charge in [-0.1, -0.05) is 50.1 Å². The van der Waals surface area contributed by atoms with Crippen molar-refractivity contribution >= 4 is 59.9 Å². The molecule has 1 atom stereocenters. The maximum absolute atomic E-state index is 4.17. The molecular weight excluding hydrogens is 450 g/mol. The van der Waals surface area contributed by atoms with Gasteiger partial charge >= 0.3 is 0 Å². The van der Waals surface area contributed by atoms with E-state index in [0.29, 0.717) is 4.83 Å². The molecular formula is C14H14Br3N3. The Hall–Kier alpha value is -0.720. The average molecular weight is 464 g/mol. The van der Waals surface area contributed by atoms with Crippen molar-refractivity contribution in [1.82, 2.24) is 15.0 Å². The van der Waals surface area contributed by atoms with Crippen LogP contribution in [0.25, 0.3) is 11.0 Å². The third kappa shape index (κ3) is 5.00. The van der Waals surface area contributed by atoms with Crippen LogP contribution in [0.4, 0.5) is 0 Å². The lowest BCUT2D eigenvalue weighted by Gasteiger charge is -2.02. The lowest BCUT2D eigenvalue weighted by Crippen LogP contribution is -1.92. The van der Waals surface area contributed by atoms with Gasteiger partial charge < -0.3 is 4.98 Å². The van der Waals surface area contributed by atoms with Crippen molar-refractivity contribution in [2.24, 2.45) is 0 Å². The number of aromatic nitrogens is 3. The van der Waals surface area contributed by atoms with Crippen molar-refractivity contribution in [2.75, 3.05) is 5.33 Å². The highest BCUT2D eigenvalue weighted by Crippen LogP contribution is 2.21. The summed E-state index contributed by atoms with van der Waals surface area (Å²) in [6.07, 6.45) is 3.50. The first kappa shape index (κ1) is 17.3. The molecule has 0 aliphatic carbocycles. The summed E-state index contributed by atoms with van der Waals surface area (Å²) >= 11 is 6.84. The van der Waals surface area contributed by atoms with E-state index in [9.17, 15) is 0 Å². The number of hydrogen-bond donors (Lipinski definition) is 1. The van der Waals surface area contributed by atoms with Crippen molar-refractivity contribution in [3.8, 4) is 0 Å². The molecule has 1 aromatic carbocycles. The molecule has 0 fully saturated rings. The van der Waals surface area contributed by atoms with Crippen LogP contribution in [-0.2, 0) is 0 Å². The zero-order valence-electron chi connectivity index (χ0n) is 10.5. The first-order chi connectivity index (χ1) is 9.31. The number of rotatable bonds is 2. The SMILES string of the molecule is Br.BrCC(Br)c1ccccn1.c1ccc2[nH]cnc2c1. The number of benzene rings is 1. The molecule has 0 aliphatic heterocycles. The van der Waals surface area contributed by atoms with E-state index in [2.05, 4.69) is 46.8 Å². The summed E-state index contributed by atoms with van der Waals surface area (Å²) in [5.74, 6) is 0. The van der Waals surface area contributed by atoms with Crippen molar-refractivity contribution in [1.29, 1.82) is 0 Å². The van der Waals surface area contributed by atoms with Gasteiger partial charge in [0.15, 0.2) is 0 Å². The molecule has 3 aromatic rings. The second-order valence-corrected chi connectivity index (χ2v) is 5.55. The molecule has 20 heavy (non-hydrogen) atoms. The number of halogens is 3. The summed E-state index contributed by atoms with van der Waals surface area (Å²) in [4.78, 5) is 11.6. The molecule has 0 saturated heterocycles. The summed E-state index contributed by atoms with van der Waals surface area (Å²) in [5.41, 5.74) is 3.19. The number of imidazole rings is 1. The normalized spacial score (nSPS) is 11.1. The monoisotopic (exact) mass is 461 g/mol. The van der Waals surface area contributed by atoms with Crippen molar-refractivity contribution in [3.63, 3.8) is 0 Å². The van der Waals surface area contributed by atoms with Crippen LogP contribution in [0.1, 0.15) is 10.5 Å². The van der Waals surface area contributed by atoms with Gasteiger partial charge in [-0.15, -0.1) is 17.0 Å². The van der Waals surface area contributed by atoms with Gasteiger partial charge in [0.1, 0.15) is 0 Å². The smallest absolute Gasteiger partial charge is 0.0931 e. The Kier molecular flexibility index (Phi) is 8.02. The second-order valence-electron chi connectivity index (χ2n) is 3.80. The van der Waals surface area contributed by atoms with Gasteiger partial charge in [-0.25, -0.2) is 4.98 Å². The van der Waals surface area contributed by atoms with E-state index in [4.69, 9.17) is 0 Å². The quantitative estimate of drug-likeness (QED) is 0.540. The van der Waals surface area contributed by atoms with E-state index < -0.39 is 0 Å². The van der Waals surface area contributed by atoms with Gasteiger partial charge in [0.2, 0.25) is 0 Å². The fourth-order valence-electron chi connectivity index (χ4n) is 1.52. The molecule has 0 amide bonds. The van der Waals surface area contributed by atoms with Crippen molar-refractivity contribution in [2.45, 2.75) is 4.83 Å². The van der Waals surface area contributed by atoms with E-state index >= 15 is 0 Å². The van der Waals surface area contributed by atoms with Crippen molar-refractivity contribution < 1.29 is 0 Å². The predicted octanol–water partition coefficient (Wildman–Crippen LogP) is 5.05. The van der Waals surface area contributed by atoms with E-state index in [1.54, 1.807) is 12.5 Å². The van der Waals surface area contributed by atoms with Crippen LogP contribution in [-0.4, -0.2) is 20.3 Å². The molecule has 106 valence electrons. The molecule has 1 unspecified atom stereocenters. The largest absolute Gasteiger partial charge is 0.345 e. The Morgan fingerprint density at radius 2 is 1.80 bits per heavy atom. The molecule has 0 spiro atoms. The number of fused-ring (bicyclic) bond motifs is 1. The van der Waals surface area contributed by atoms with Gasteiger partial charge in [-0.2, -0.15) is 0 Å². The molecule has 3 rings (SSSR count). The van der Waals surface area contributed by atoms with Crippen LogP contribution < -0.4 is 0 Å². The van der Waals surface area contributed by atoms with Crippen LogP contribution in [0.5, 0.6) is 0 Å². The summed E-state index contributed by atoms with van der Waals surface area (Å²) in [7, 11) is 0. The summed E-state index contributed by atoms with van der Waals surface area (Å²) < 4.78 is 0. The van der Waals surface area contributed by atoms with Gasteiger partial charge in [-0.05, 0) is 24.3 Å². The summed E-state index contributed by atoms with van der Waals surface area (Å²) in [5, 5.41) is 0.893. The third-order valence-electron chi connectivity index (χ3n) is 2.47. The molecule has 3 nitrogen and oxygen atoms in total. The minimum absolute atomic E-state index is 0. The van der Waals surface area contributed by atoms with Crippen LogP contribution >= 0.6 is 48.8 Å². The number of hydrogen-bond acceptors (Lipinski definition) is 2. The van der Waals surface area contributed by atoms with E-state index in [-0.39, 0.29) is 17.0 Å². The first-order valence-corrected chi connectivity index (χ1v) is 7.84. The molecule has 0 saturated carbocycles. The molecule has 6 heteroatoms. The van der Waals surface area contributed by atoms with Gasteiger partial charge in [0, 0.05) is 11.5 Å². The van der Waals surface area contributed by atoms with E-state index in [0.717, 1.165) is 22.1 Å². The predicted molar refractivity (Wildman–Crippen MR) is 96.1 cm³/mol. The molecule has 0 aliphatic rings. The fraction of sp³-hybridized carbons (Fsp3) is 0.143. The number of pyridine rings is 1. The van der Waals surface area contributed by atoms with Crippen LogP contribution in [0, 0.1) is 0 Å². The highest BCUT2D eigenvalue weighted by Gasteiger charge is 2.04. The van der Waals surface area contributed by atoms with Gasteiger partial charge in [0.25, 0.3) is 0 Å². The lowest BCUT2D eigenvalue weighted by molar-refractivity contribution is 1.04. The minimum atomic E-state index is 0. The number of nitrogens with one attached hydrogen (secondary N) is 1. The van der Waals surface area contributed by atoms with Gasteiger partial charge in [0.05, 0.1) is 27.9 Å². The number of alkyl halides is 2. The highest BCUT2D eigenvalue weighted by atomic mass is 79.9. The Bertz CT molecular complexity index is 583. The number of para-hydroxylation sites is 2. The molecule has 1 N–H and O–H groups in total.